The molecule has 0 spiro atoms. The molecule has 1 aliphatic rings. The molecule has 0 saturated carbocycles. The van der Waals surface area contributed by atoms with E-state index in [4.69, 9.17) is 5.73 Å². The van der Waals surface area contributed by atoms with E-state index in [2.05, 4.69) is 0 Å². The van der Waals surface area contributed by atoms with Crippen molar-refractivity contribution in [2.75, 3.05) is 7.05 Å². The lowest BCUT2D eigenvalue weighted by atomic mass is 10.2. The van der Waals surface area contributed by atoms with Crippen LogP contribution < -0.4 is 5.73 Å². The van der Waals surface area contributed by atoms with E-state index >= 15 is 0 Å². The van der Waals surface area contributed by atoms with Crippen LogP contribution in [0.2, 0.25) is 0 Å². The van der Waals surface area contributed by atoms with Crippen molar-refractivity contribution in [1.29, 1.82) is 0 Å². The number of hydrogen-bond donors (Lipinski definition) is 1. The van der Waals surface area contributed by atoms with Crippen LogP contribution in [0.25, 0.3) is 0 Å². The Labute approximate surface area is 59.0 Å². The predicted molar refractivity (Wildman–Crippen MR) is 35.0 cm³/mol. The van der Waals surface area contributed by atoms with E-state index in [0.717, 1.165) is 0 Å². The quantitative estimate of drug-likeness (QED) is 0.515. The average molecular weight is 142 g/mol. The van der Waals surface area contributed by atoms with Crippen molar-refractivity contribution < 1.29 is 9.59 Å². The van der Waals surface area contributed by atoms with Gasteiger partial charge in [0.15, 0.2) is 0 Å². The molecule has 0 aliphatic carbocycles. The zero-order chi connectivity index (χ0) is 7.72. The maximum atomic E-state index is 10.8. The summed E-state index contributed by atoms with van der Waals surface area (Å²) in [5.74, 6) is -0.405. The summed E-state index contributed by atoms with van der Waals surface area (Å²) in [6.45, 7) is 0. The topological polar surface area (TPSA) is 63.4 Å². The third kappa shape index (κ3) is 0.964. The zero-order valence-electron chi connectivity index (χ0n) is 5.83. The maximum Gasteiger partial charge on any atom is 0.240 e. The largest absolute Gasteiger partial charge is 0.368 e. The first-order chi connectivity index (χ1) is 4.63. The molecule has 1 aliphatic heterocycles. The first-order valence-electron chi connectivity index (χ1n) is 3.18. The van der Waals surface area contributed by atoms with Gasteiger partial charge in [0.2, 0.25) is 11.8 Å². The highest BCUT2D eigenvalue weighted by Crippen LogP contribution is 2.15. The fraction of sp³-hybridized carbons (Fsp3) is 0.667. The van der Waals surface area contributed by atoms with E-state index in [9.17, 15) is 9.59 Å². The van der Waals surface area contributed by atoms with Crippen LogP contribution in [0, 0.1) is 0 Å². The lowest BCUT2D eigenvalue weighted by Gasteiger charge is -2.15. The molecule has 0 aromatic heterocycles. The van der Waals surface area contributed by atoms with Crippen molar-refractivity contribution in [3.8, 4) is 0 Å². The molecule has 1 rings (SSSR count). The van der Waals surface area contributed by atoms with Crippen LogP contribution in [0.4, 0.5) is 0 Å². The number of primary amides is 1. The Hall–Kier alpha value is -1.06. The molecule has 0 aromatic rings. The fourth-order valence-electron chi connectivity index (χ4n) is 1.14. The van der Waals surface area contributed by atoms with E-state index < -0.39 is 5.91 Å². The summed E-state index contributed by atoms with van der Waals surface area (Å²) in [5, 5.41) is 0. The summed E-state index contributed by atoms with van der Waals surface area (Å²) < 4.78 is 0. The summed E-state index contributed by atoms with van der Waals surface area (Å²) >= 11 is 0. The van der Waals surface area contributed by atoms with Gasteiger partial charge < -0.3 is 10.6 Å². The summed E-state index contributed by atoms with van der Waals surface area (Å²) in [7, 11) is 1.60. The molecule has 2 amide bonds. The smallest absolute Gasteiger partial charge is 0.240 e. The summed E-state index contributed by atoms with van der Waals surface area (Å²) in [6, 6.07) is -0.368. The fourth-order valence-corrected chi connectivity index (χ4v) is 1.14. The van der Waals surface area contributed by atoms with Gasteiger partial charge in [-0.25, -0.2) is 0 Å². The van der Waals surface area contributed by atoms with Crippen molar-refractivity contribution in [3.63, 3.8) is 0 Å². The Bertz CT molecular complexity index is 179. The van der Waals surface area contributed by atoms with Gasteiger partial charge in [-0.05, 0) is 6.42 Å². The van der Waals surface area contributed by atoms with E-state index in [1.165, 1.54) is 4.90 Å². The van der Waals surface area contributed by atoms with Crippen molar-refractivity contribution in [1.82, 2.24) is 4.90 Å². The Balaban J connectivity index is 2.66. The van der Waals surface area contributed by atoms with Gasteiger partial charge in [0.05, 0.1) is 0 Å². The number of nitrogens with zero attached hydrogens (tertiary/aromatic N) is 1. The van der Waals surface area contributed by atoms with E-state index in [1.807, 2.05) is 0 Å². The van der Waals surface area contributed by atoms with Gasteiger partial charge in [-0.3, -0.25) is 9.59 Å². The van der Waals surface area contributed by atoms with Gasteiger partial charge >= 0.3 is 0 Å². The molecule has 0 aromatic carbocycles. The second-order valence-corrected chi connectivity index (χ2v) is 2.46. The first kappa shape index (κ1) is 7.05. The molecule has 1 atom stereocenters. The molecule has 4 heteroatoms. The molecule has 0 unspecified atom stereocenters. The normalized spacial score (nSPS) is 25.5. The average Bonchev–Trinajstić information content (AvgIpc) is 2.14. The van der Waals surface area contributed by atoms with Gasteiger partial charge in [0.1, 0.15) is 6.04 Å². The van der Waals surface area contributed by atoms with Gasteiger partial charge in [-0.2, -0.15) is 0 Å². The standard InChI is InChI=1S/C6H10N2O2/c1-8-4(6(7)10)2-3-5(8)9/h4H,2-3H2,1H3,(H2,7,10)/t4-/m0/s1. The Kier molecular flexibility index (Phi) is 1.61. The second-order valence-electron chi connectivity index (χ2n) is 2.46. The Morgan fingerprint density at radius 1 is 1.80 bits per heavy atom. The molecule has 1 saturated heterocycles. The van der Waals surface area contributed by atoms with Crippen LogP contribution >= 0.6 is 0 Å². The molecule has 1 fully saturated rings. The number of likely N-dealkylation sites (N-methyl/N-ethyl adjacent to an activating group) is 1. The summed E-state index contributed by atoms with van der Waals surface area (Å²) in [4.78, 5) is 22.8. The summed E-state index contributed by atoms with van der Waals surface area (Å²) in [6.07, 6.45) is 1.02. The molecule has 2 N–H and O–H groups in total. The highest BCUT2D eigenvalue weighted by atomic mass is 16.2. The van der Waals surface area contributed by atoms with Crippen molar-refractivity contribution in [2.24, 2.45) is 5.73 Å². The van der Waals surface area contributed by atoms with Crippen LogP contribution in [0.15, 0.2) is 0 Å². The van der Waals surface area contributed by atoms with Gasteiger partial charge in [-0.15, -0.1) is 0 Å². The number of likely N-dealkylation sites (tertiary alicyclic amines) is 1. The van der Waals surface area contributed by atoms with Gasteiger partial charge in [0, 0.05) is 13.5 Å². The lowest BCUT2D eigenvalue weighted by molar-refractivity contribution is -0.132. The van der Waals surface area contributed by atoms with E-state index in [1.54, 1.807) is 7.05 Å². The monoisotopic (exact) mass is 142 g/mol. The van der Waals surface area contributed by atoms with Crippen LogP contribution in [-0.4, -0.2) is 29.8 Å². The van der Waals surface area contributed by atoms with Crippen LogP contribution in [-0.2, 0) is 9.59 Å². The van der Waals surface area contributed by atoms with Crippen molar-refractivity contribution in [2.45, 2.75) is 18.9 Å². The van der Waals surface area contributed by atoms with E-state index in [0.29, 0.717) is 12.8 Å². The first-order valence-corrected chi connectivity index (χ1v) is 3.18. The number of carbonyl (C=O) groups is 2. The number of amides is 2. The zero-order valence-corrected chi connectivity index (χ0v) is 5.83. The minimum absolute atomic E-state index is 0.00352. The molecule has 10 heavy (non-hydrogen) atoms. The van der Waals surface area contributed by atoms with Gasteiger partial charge in [-0.1, -0.05) is 0 Å². The highest BCUT2D eigenvalue weighted by molar-refractivity contribution is 5.89. The van der Waals surface area contributed by atoms with Crippen molar-refractivity contribution in [3.05, 3.63) is 0 Å². The number of nitrogens with two attached hydrogens (primary N) is 1. The SMILES string of the molecule is CN1C(=O)CC[C@H]1C(N)=O. The molecule has 1 heterocycles. The lowest BCUT2D eigenvalue weighted by Crippen LogP contribution is -2.39. The maximum absolute atomic E-state index is 10.8. The van der Waals surface area contributed by atoms with Crippen molar-refractivity contribution >= 4 is 11.8 Å². The molecular weight excluding hydrogens is 132 g/mol. The van der Waals surface area contributed by atoms with Gasteiger partial charge in [0.25, 0.3) is 0 Å². The molecule has 4 nitrogen and oxygen atoms in total. The second kappa shape index (κ2) is 2.28. The van der Waals surface area contributed by atoms with Crippen LogP contribution in [0.1, 0.15) is 12.8 Å². The molecule has 0 bridgehead atoms. The minimum atomic E-state index is -0.409. The number of rotatable bonds is 1. The molecule has 0 radical (unpaired) electrons. The predicted octanol–water partition coefficient (Wildman–Crippen LogP) is -0.908. The third-order valence-corrected chi connectivity index (χ3v) is 1.82. The van der Waals surface area contributed by atoms with Crippen LogP contribution in [0.3, 0.4) is 0 Å². The minimum Gasteiger partial charge on any atom is -0.368 e. The van der Waals surface area contributed by atoms with Crippen LogP contribution in [0.5, 0.6) is 0 Å². The highest BCUT2D eigenvalue weighted by Gasteiger charge is 2.31. The number of hydrogen-bond acceptors (Lipinski definition) is 2. The molecule has 56 valence electrons. The molecular formula is C6H10N2O2. The van der Waals surface area contributed by atoms with E-state index in [-0.39, 0.29) is 11.9 Å². The third-order valence-electron chi connectivity index (χ3n) is 1.82. The Morgan fingerprint density at radius 2 is 2.40 bits per heavy atom. The number of carbonyl (C=O) groups excluding carboxylic acids is 2. The Morgan fingerprint density at radius 3 is 2.60 bits per heavy atom. The summed E-state index contributed by atoms with van der Waals surface area (Å²) in [5.41, 5.74) is 5.02.